The summed E-state index contributed by atoms with van der Waals surface area (Å²) in [6.45, 7) is 3.38. The van der Waals surface area contributed by atoms with E-state index in [1.54, 1.807) is 12.4 Å². The van der Waals surface area contributed by atoms with Crippen LogP contribution in [0.1, 0.15) is 22.2 Å². The van der Waals surface area contributed by atoms with Crippen LogP contribution in [0.25, 0.3) is 0 Å². The quantitative estimate of drug-likeness (QED) is 0.846. The number of carbonyl (C=O) groups is 1. The molecule has 2 rings (SSSR count). The van der Waals surface area contributed by atoms with Gasteiger partial charge >= 0.3 is 0 Å². The van der Waals surface area contributed by atoms with Crippen LogP contribution >= 0.6 is 11.3 Å². The second kappa shape index (κ2) is 7.03. The van der Waals surface area contributed by atoms with Crippen LogP contribution in [0.4, 0.5) is 10.9 Å². The molecule has 0 spiro atoms. The van der Waals surface area contributed by atoms with E-state index in [0.29, 0.717) is 11.4 Å². The molecule has 0 aromatic carbocycles. The fourth-order valence-electron chi connectivity index (χ4n) is 1.73. The molecule has 2 aromatic rings. The van der Waals surface area contributed by atoms with Crippen molar-refractivity contribution in [2.24, 2.45) is 0 Å². The van der Waals surface area contributed by atoms with Gasteiger partial charge in [-0.15, -0.1) is 0 Å². The minimum Gasteiger partial charge on any atom is -0.382 e. The molecule has 0 fully saturated rings. The summed E-state index contributed by atoms with van der Waals surface area (Å²) in [4.78, 5) is 22.8. The minimum absolute atomic E-state index is 0.176. The maximum atomic E-state index is 12.1. The van der Waals surface area contributed by atoms with E-state index in [2.05, 4.69) is 15.3 Å². The summed E-state index contributed by atoms with van der Waals surface area (Å²) in [5.74, 6) is 0.110. The van der Waals surface area contributed by atoms with Gasteiger partial charge in [-0.3, -0.25) is 9.78 Å². The number of pyridine rings is 1. The molecule has 2 aromatic heterocycles. The number of amides is 1. The Hall–Kier alpha value is -2.15. The summed E-state index contributed by atoms with van der Waals surface area (Å²) in [5, 5.41) is 3.62. The molecule has 0 bridgehead atoms. The summed E-state index contributed by atoms with van der Waals surface area (Å²) in [7, 11) is 1.92. The summed E-state index contributed by atoms with van der Waals surface area (Å²) < 4.78 is 0. The van der Waals surface area contributed by atoms with Crippen molar-refractivity contribution in [2.75, 3.05) is 30.8 Å². The topological polar surface area (TPSA) is 84.1 Å². The average Bonchev–Trinajstić information content (AvgIpc) is 2.89. The van der Waals surface area contributed by atoms with Crippen LogP contribution in [0.5, 0.6) is 0 Å². The Kier molecular flexibility index (Phi) is 5.10. The number of rotatable bonds is 6. The molecular formula is C14H19N5OS. The molecule has 0 unspecified atom stereocenters. The van der Waals surface area contributed by atoms with Crippen LogP contribution < -0.4 is 16.0 Å². The molecular weight excluding hydrogens is 286 g/mol. The highest BCUT2D eigenvalue weighted by atomic mass is 32.1. The number of carbonyl (C=O) groups excluding carboxylic acids is 1. The Labute approximate surface area is 128 Å². The van der Waals surface area contributed by atoms with Gasteiger partial charge in [0.1, 0.15) is 10.7 Å². The van der Waals surface area contributed by atoms with Gasteiger partial charge in [-0.25, -0.2) is 4.98 Å². The zero-order valence-electron chi connectivity index (χ0n) is 12.2. The van der Waals surface area contributed by atoms with Crippen molar-refractivity contribution in [2.45, 2.75) is 13.3 Å². The minimum atomic E-state index is -0.176. The van der Waals surface area contributed by atoms with Crippen LogP contribution in [0, 0.1) is 0 Å². The molecule has 0 atom stereocenters. The second-order valence-corrected chi connectivity index (χ2v) is 5.57. The largest absolute Gasteiger partial charge is 0.382 e. The van der Waals surface area contributed by atoms with Gasteiger partial charge < -0.3 is 16.0 Å². The lowest BCUT2D eigenvalue weighted by molar-refractivity contribution is 0.0959. The molecule has 0 radical (unpaired) electrons. The number of hydrogen-bond donors (Lipinski definition) is 2. The van der Waals surface area contributed by atoms with Crippen molar-refractivity contribution in [3.63, 3.8) is 0 Å². The number of nitrogens with one attached hydrogen (secondary N) is 1. The lowest BCUT2D eigenvalue weighted by atomic mass is 10.2. The van der Waals surface area contributed by atoms with Crippen molar-refractivity contribution in [3.8, 4) is 0 Å². The molecule has 21 heavy (non-hydrogen) atoms. The van der Waals surface area contributed by atoms with E-state index >= 15 is 0 Å². The smallest absolute Gasteiger partial charge is 0.265 e. The van der Waals surface area contributed by atoms with Crippen LogP contribution in [0.15, 0.2) is 24.5 Å². The standard InChI is InChI=1S/C14H19N5OS/c1-3-19(2)14-18-12(15)11(21-14)13(20)17-8-6-10-5-4-7-16-9-10/h4-5,7,9H,3,6,8,15H2,1-2H3,(H,17,20). The first-order valence-electron chi connectivity index (χ1n) is 6.76. The van der Waals surface area contributed by atoms with Crippen molar-refractivity contribution in [1.29, 1.82) is 0 Å². The van der Waals surface area contributed by atoms with Gasteiger partial charge in [0, 0.05) is 32.5 Å². The number of nitrogen functional groups attached to an aromatic ring is 1. The number of nitrogens with zero attached hydrogens (tertiary/aromatic N) is 3. The second-order valence-electron chi connectivity index (χ2n) is 4.59. The molecule has 1 amide bonds. The molecule has 0 saturated carbocycles. The number of hydrogen-bond acceptors (Lipinski definition) is 6. The number of aromatic nitrogens is 2. The highest BCUT2D eigenvalue weighted by Crippen LogP contribution is 2.27. The Balaban J connectivity index is 1.93. The lowest BCUT2D eigenvalue weighted by Gasteiger charge is -2.10. The third-order valence-electron chi connectivity index (χ3n) is 3.07. The predicted octanol–water partition coefficient (Wildman–Crippen LogP) is 1.55. The van der Waals surface area contributed by atoms with E-state index in [0.717, 1.165) is 23.7 Å². The summed E-state index contributed by atoms with van der Waals surface area (Å²) in [5.41, 5.74) is 6.90. The fourth-order valence-corrected chi connectivity index (χ4v) is 2.65. The molecule has 3 N–H and O–H groups in total. The van der Waals surface area contributed by atoms with E-state index in [4.69, 9.17) is 5.73 Å². The molecule has 0 aliphatic heterocycles. The van der Waals surface area contributed by atoms with E-state index in [9.17, 15) is 4.79 Å². The van der Waals surface area contributed by atoms with Crippen LogP contribution in [-0.2, 0) is 6.42 Å². The summed E-state index contributed by atoms with van der Waals surface area (Å²) in [6.07, 6.45) is 4.26. The third-order valence-corrected chi connectivity index (χ3v) is 4.26. The molecule has 0 saturated heterocycles. The Morgan fingerprint density at radius 3 is 3.00 bits per heavy atom. The van der Waals surface area contributed by atoms with Gasteiger partial charge in [-0.1, -0.05) is 17.4 Å². The van der Waals surface area contributed by atoms with Crippen LogP contribution in [-0.4, -0.2) is 36.0 Å². The number of nitrogens with two attached hydrogens (primary N) is 1. The third kappa shape index (κ3) is 3.91. The molecule has 2 heterocycles. The SMILES string of the molecule is CCN(C)c1nc(N)c(C(=O)NCCc2cccnc2)s1. The van der Waals surface area contributed by atoms with Gasteiger partial charge in [0.2, 0.25) is 0 Å². The number of anilines is 2. The average molecular weight is 305 g/mol. The number of thiazole rings is 1. The van der Waals surface area contributed by atoms with Gasteiger partial charge in [-0.2, -0.15) is 0 Å². The maximum absolute atomic E-state index is 12.1. The Morgan fingerprint density at radius 1 is 1.52 bits per heavy atom. The summed E-state index contributed by atoms with van der Waals surface area (Å²) >= 11 is 1.31. The van der Waals surface area contributed by atoms with Crippen molar-refractivity contribution >= 4 is 28.2 Å². The molecule has 0 aliphatic rings. The van der Waals surface area contributed by atoms with Gasteiger partial charge in [0.25, 0.3) is 5.91 Å². The van der Waals surface area contributed by atoms with Gasteiger partial charge in [0.05, 0.1) is 0 Å². The zero-order valence-corrected chi connectivity index (χ0v) is 13.0. The molecule has 6 nitrogen and oxygen atoms in total. The highest BCUT2D eigenvalue weighted by molar-refractivity contribution is 7.18. The zero-order chi connectivity index (χ0) is 15.2. The van der Waals surface area contributed by atoms with Gasteiger partial charge in [0.15, 0.2) is 5.13 Å². The molecule has 0 aliphatic carbocycles. The normalized spacial score (nSPS) is 10.4. The molecule has 7 heteroatoms. The van der Waals surface area contributed by atoms with Crippen molar-refractivity contribution < 1.29 is 4.79 Å². The summed E-state index contributed by atoms with van der Waals surface area (Å²) in [6, 6.07) is 3.86. The van der Waals surface area contributed by atoms with E-state index in [1.807, 2.05) is 31.0 Å². The Morgan fingerprint density at radius 2 is 2.33 bits per heavy atom. The fraction of sp³-hybridized carbons (Fsp3) is 0.357. The first-order valence-corrected chi connectivity index (χ1v) is 7.58. The monoisotopic (exact) mass is 305 g/mol. The first kappa shape index (κ1) is 15.2. The lowest BCUT2D eigenvalue weighted by Crippen LogP contribution is -2.25. The molecule has 112 valence electrons. The van der Waals surface area contributed by atoms with Gasteiger partial charge in [-0.05, 0) is 25.0 Å². The van der Waals surface area contributed by atoms with E-state index in [1.165, 1.54) is 11.3 Å². The highest BCUT2D eigenvalue weighted by Gasteiger charge is 2.17. The first-order chi connectivity index (χ1) is 10.1. The van der Waals surface area contributed by atoms with E-state index in [-0.39, 0.29) is 11.7 Å². The van der Waals surface area contributed by atoms with Crippen LogP contribution in [0.2, 0.25) is 0 Å². The van der Waals surface area contributed by atoms with Crippen LogP contribution in [0.3, 0.4) is 0 Å². The van der Waals surface area contributed by atoms with E-state index < -0.39 is 0 Å². The van der Waals surface area contributed by atoms with Crippen molar-refractivity contribution in [3.05, 3.63) is 35.0 Å². The predicted molar refractivity (Wildman–Crippen MR) is 85.7 cm³/mol. The maximum Gasteiger partial charge on any atom is 0.265 e. The van der Waals surface area contributed by atoms with Crippen molar-refractivity contribution in [1.82, 2.24) is 15.3 Å². The Bertz CT molecular complexity index is 599.